The van der Waals surface area contributed by atoms with Crippen molar-refractivity contribution in [2.45, 2.75) is 26.2 Å². The molecule has 116 valence electrons. The highest BCUT2D eigenvalue weighted by Gasteiger charge is 2.22. The lowest BCUT2D eigenvalue weighted by Crippen LogP contribution is -2.11. The summed E-state index contributed by atoms with van der Waals surface area (Å²) < 4.78 is 5.73. The predicted octanol–water partition coefficient (Wildman–Crippen LogP) is 2.68. The lowest BCUT2D eigenvalue weighted by atomic mass is 10.2. The van der Waals surface area contributed by atoms with Gasteiger partial charge in [0, 0.05) is 6.20 Å². The van der Waals surface area contributed by atoms with Gasteiger partial charge in [0.1, 0.15) is 21.2 Å². The highest BCUT2D eigenvalue weighted by atomic mass is 32.1. The van der Waals surface area contributed by atoms with Gasteiger partial charge >= 0.3 is 5.97 Å². The zero-order valence-electron chi connectivity index (χ0n) is 12.1. The minimum absolute atomic E-state index is 0.141. The van der Waals surface area contributed by atoms with Crippen LogP contribution in [0.15, 0.2) is 17.1 Å². The van der Waals surface area contributed by atoms with Gasteiger partial charge in [-0.1, -0.05) is 12.8 Å². The van der Waals surface area contributed by atoms with Gasteiger partial charge in [0.15, 0.2) is 0 Å². The van der Waals surface area contributed by atoms with Crippen LogP contribution >= 0.6 is 11.3 Å². The van der Waals surface area contributed by atoms with Crippen LogP contribution in [0, 0.1) is 12.8 Å². The first-order valence-corrected chi connectivity index (χ1v) is 7.93. The van der Waals surface area contributed by atoms with Gasteiger partial charge in [0.05, 0.1) is 12.3 Å². The Kier molecular flexibility index (Phi) is 3.98. The molecule has 2 aromatic heterocycles. The van der Waals surface area contributed by atoms with E-state index in [1.54, 1.807) is 13.0 Å². The van der Waals surface area contributed by atoms with Crippen molar-refractivity contribution in [1.29, 1.82) is 0 Å². The number of aryl methyl sites for hydroxylation is 1. The van der Waals surface area contributed by atoms with Crippen molar-refractivity contribution in [3.05, 3.63) is 33.2 Å². The van der Waals surface area contributed by atoms with E-state index < -0.39 is 5.97 Å². The van der Waals surface area contributed by atoms with Crippen LogP contribution in [0.4, 0.5) is 0 Å². The molecular formula is C15H16N2O4S. The summed E-state index contributed by atoms with van der Waals surface area (Å²) in [5, 5.41) is 9.50. The molecule has 2 N–H and O–H groups in total. The quantitative estimate of drug-likeness (QED) is 0.853. The topological polar surface area (TPSA) is 92.3 Å². The number of nitrogens with one attached hydrogen (secondary N) is 1. The fraction of sp³-hybridized carbons (Fsp3) is 0.400. The van der Waals surface area contributed by atoms with Gasteiger partial charge in [0.2, 0.25) is 0 Å². The SMILES string of the molecule is Cc1nc(-c2c(OCCC3CC3)cc[nH]c2=O)sc1C(=O)O. The van der Waals surface area contributed by atoms with E-state index in [9.17, 15) is 9.59 Å². The Morgan fingerprint density at radius 1 is 1.55 bits per heavy atom. The van der Waals surface area contributed by atoms with Crippen molar-refractivity contribution in [3.63, 3.8) is 0 Å². The molecule has 0 amide bonds. The van der Waals surface area contributed by atoms with E-state index in [0.717, 1.165) is 23.7 Å². The molecule has 2 aromatic rings. The van der Waals surface area contributed by atoms with Crippen LogP contribution in [0.25, 0.3) is 10.6 Å². The van der Waals surface area contributed by atoms with E-state index >= 15 is 0 Å². The van der Waals surface area contributed by atoms with Crippen LogP contribution in [0.2, 0.25) is 0 Å². The highest BCUT2D eigenvalue weighted by molar-refractivity contribution is 7.17. The first-order valence-electron chi connectivity index (χ1n) is 7.12. The molecule has 0 saturated heterocycles. The molecule has 1 aliphatic rings. The number of hydrogen-bond acceptors (Lipinski definition) is 5. The standard InChI is InChI=1S/C15H16N2O4S/c1-8-12(15(19)20)22-14(17-8)11-10(4-6-16-13(11)18)21-7-5-9-2-3-9/h4,6,9H,2-3,5,7H2,1H3,(H,16,18)(H,19,20). The van der Waals surface area contributed by atoms with Gasteiger partial charge in [0.25, 0.3) is 5.56 Å². The summed E-state index contributed by atoms with van der Waals surface area (Å²) in [6, 6.07) is 1.68. The van der Waals surface area contributed by atoms with Crippen LogP contribution in [-0.4, -0.2) is 27.7 Å². The van der Waals surface area contributed by atoms with E-state index in [-0.39, 0.29) is 10.4 Å². The van der Waals surface area contributed by atoms with E-state index in [1.807, 2.05) is 0 Å². The third kappa shape index (κ3) is 3.04. The molecule has 3 rings (SSSR count). The Hall–Kier alpha value is -2.15. The molecule has 7 heteroatoms. The van der Waals surface area contributed by atoms with Crippen molar-refractivity contribution < 1.29 is 14.6 Å². The predicted molar refractivity (Wildman–Crippen MR) is 82.7 cm³/mol. The average Bonchev–Trinajstić information content (AvgIpc) is 3.20. The number of aromatic amines is 1. The number of carboxylic acid groups (broad SMARTS) is 1. The second-order valence-electron chi connectivity index (χ2n) is 5.37. The summed E-state index contributed by atoms with van der Waals surface area (Å²) in [5.74, 6) is 0.158. The molecule has 0 aromatic carbocycles. The third-order valence-electron chi connectivity index (χ3n) is 3.61. The number of thiazole rings is 1. The molecule has 1 saturated carbocycles. The van der Waals surface area contributed by atoms with Gasteiger partial charge in [-0.25, -0.2) is 9.78 Å². The van der Waals surface area contributed by atoms with E-state index in [0.29, 0.717) is 28.6 Å². The van der Waals surface area contributed by atoms with Crippen LogP contribution in [0.1, 0.15) is 34.6 Å². The zero-order chi connectivity index (χ0) is 15.7. The largest absolute Gasteiger partial charge is 0.493 e. The molecule has 0 bridgehead atoms. The van der Waals surface area contributed by atoms with Crippen LogP contribution < -0.4 is 10.3 Å². The summed E-state index contributed by atoms with van der Waals surface area (Å²) in [7, 11) is 0. The minimum atomic E-state index is -1.04. The highest BCUT2D eigenvalue weighted by Crippen LogP contribution is 2.34. The molecule has 0 atom stereocenters. The van der Waals surface area contributed by atoms with E-state index in [1.165, 1.54) is 19.0 Å². The summed E-state index contributed by atoms with van der Waals surface area (Å²) in [6.07, 6.45) is 5.00. The molecule has 1 aliphatic carbocycles. The number of aromatic carboxylic acids is 1. The number of hydrogen-bond donors (Lipinski definition) is 2. The molecule has 0 spiro atoms. The maximum absolute atomic E-state index is 12.1. The second-order valence-corrected chi connectivity index (χ2v) is 6.36. The van der Waals surface area contributed by atoms with Crippen LogP contribution in [0.3, 0.4) is 0 Å². The van der Waals surface area contributed by atoms with Crippen molar-refractivity contribution in [2.75, 3.05) is 6.61 Å². The molecule has 0 radical (unpaired) electrons. The Bertz CT molecular complexity index is 761. The molecule has 0 unspecified atom stereocenters. The normalized spacial score (nSPS) is 14.0. The number of carbonyl (C=O) groups is 1. The molecular weight excluding hydrogens is 304 g/mol. The minimum Gasteiger partial charge on any atom is -0.493 e. The van der Waals surface area contributed by atoms with Gasteiger partial charge < -0.3 is 14.8 Å². The lowest BCUT2D eigenvalue weighted by molar-refractivity contribution is 0.0701. The maximum Gasteiger partial charge on any atom is 0.347 e. The summed E-state index contributed by atoms with van der Waals surface area (Å²) in [4.78, 5) is 30.2. The lowest BCUT2D eigenvalue weighted by Gasteiger charge is -2.08. The summed E-state index contributed by atoms with van der Waals surface area (Å²) in [6.45, 7) is 2.17. The summed E-state index contributed by atoms with van der Waals surface area (Å²) in [5.41, 5.74) is 0.383. The fourth-order valence-electron chi connectivity index (χ4n) is 2.23. The number of pyridine rings is 1. The first-order chi connectivity index (χ1) is 10.6. The zero-order valence-corrected chi connectivity index (χ0v) is 12.9. The van der Waals surface area contributed by atoms with Gasteiger partial charge in [-0.15, -0.1) is 11.3 Å². The van der Waals surface area contributed by atoms with Gasteiger partial charge in [-0.05, 0) is 25.3 Å². The van der Waals surface area contributed by atoms with Crippen molar-refractivity contribution in [2.24, 2.45) is 5.92 Å². The average molecular weight is 320 g/mol. The number of ether oxygens (including phenoxy) is 1. The molecule has 1 fully saturated rings. The van der Waals surface area contributed by atoms with Crippen molar-refractivity contribution in [3.8, 4) is 16.3 Å². The number of carboxylic acids is 1. The van der Waals surface area contributed by atoms with Crippen LogP contribution in [-0.2, 0) is 0 Å². The molecule has 0 aliphatic heterocycles. The van der Waals surface area contributed by atoms with Crippen molar-refractivity contribution in [1.82, 2.24) is 9.97 Å². The second kappa shape index (κ2) is 5.92. The molecule has 6 nitrogen and oxygen atoms in total. The molecule has 2 heterocycles. The molecule has 22 heavy (non-hydrogen) atoms. The Morgan fingerprint density at radius 2 is 2.32 bits per heavy atom. The Morgan fingerprint density at radius 3 is 2.95 bits per heavy atom. The maximum atomic E-state index is 12.1. The Balaban J connectivity index is 1.92. The smallest absolute Gasteiger partial charge is 0.347 e. The van der Waals surface area contributed by atoms with E-state index in [4.69, 9.17) is 9.84 Å². The van der Waals surface area contributed by atoms with Crippen LogP contribution in [0.5, 0.6) is 5.75 Å². The third-order valence-corrected chi connectivity index (χ3v) is 4.77. The monoisotopic (exact) mass is 320 g/mol. The van der Waals surface area contributed by atoms with Gasteiger partial charge in [-0.3, -0.25) is 4.79 Å². The van der Waals surface area contributed by atoms with Gasteiger partial charge in [-0.2, -0.15) is 0 Å². The van der Waals surface area contributed by atoms with Crippen molar-refractivity contribution >= 4 is 17.3 Å². The number of rotatable bonds is 6. The van der Waals surface area contributed by atoms with E-state index in [2.05, 4.69) is 9.97 Å². The number of H-pyrrole nitrogens is 1. The number of nitrogens with zero attached hydrogens (tertiary/aromatic N) is 1. The number of aromatic nitrogens is 2. The summed E-state index contributed by atoms with van der Waals surface area (Å²) >= 11 is 0.990. The first kappa shape index (κ1) is 14.8. The Labute approximate surface area is 130 Å². The fourth-order valence-corrected chi connectivity index (χ4v) is 3.18.